The van der Waals surface area contributed by atoms with E-state index < -0.39 is 17.6 Å². The molecule has 1 aliphatic rings. The first-order valence-electron chi connectivity index (χ1n) is 7.79. The summed E-state index contributed by atoms with van der Waals surface area (Å²) in [5, 5.41) is 5.97. The van der Waals surface area contributed by atoms with Crippen molar-refractivity contribution in [3.05, 3.63) is 42.0 Å². The molecule has 4 nitrogen and oxygen atoms in total. The quantitative estimate of drug-likeness (QED) is 0.772. The average Bonchev–Trinajstić information content (AvgIpc) is 2.54. The molecule has 1 amide bonds. The van der Waals surface area contributed by atoms with E-state index in [1.54, 1.807) is 0 Å². The van der Waals surface area contributed by atoms with Crippen molar-refractivity contribution < 1.29 is 22.7 Å². The molecule has 8 heteroatoms. The molecule has 1 fully saturated rings. The third-order valence-corrected chi connectivity index (χ3v) is 4.05. The minimum absolute atomic E-state index is 0. The molecule has 2 N–H and O–H groups in total. The van der Waals surface area contributed by atoms with E-state index in [2.05, 4.69) is 17.2 Å². The molecule has 0 aliphatic carbocycles. The van der Waals surface area contributed by atoms with Crippen LogP contribution in [0.4, 0.5) is 13.2 Å². The van der Waals surface area contributed by atoms with Crippen LogP contribution in [-0.2, 0) is 6.18 Å². The lowest BCUT2D eigenvalue weighted by atomic mass is 9.94. The third-order valence-electron chi connectivity index (χ3n) is 4.05. The van der Waals surface area contributed by atoms with E-state index in [4.69, 9.17) is 4.74 Å². The molecule has 2 atom stereocenters. The molecular weight excluding hydrogens is 357 g/mol. The average molecular weight is 379 g/mol. The lowest BCUT2D eigenvalue weighted by Gasteiger charge is -2.30. The number of rotatable bonds is 5. The summed E-state index contributed by atoms with van der Waals surface area (Å²) >= 11 is 0. The SMILES string of the molecule is C=CCOc1ccc(C(F)(F)F)cc1C(=O)NC1CNCCC1C.Cl. The van der Waals surface area contributed by atoms with Gasteiger partial charge in [0.2, 0.25) is 0 Å². The van der Waals surface area contributed by atoms with Gasteiger partial charge in [0.05, 0.1) is 11.1 Å². The van der Waals surface area contributed by atoms with Crippen LogP contribution in [0.25, 0.3) is 0 Å². The fourth-order valence-electron chi connectivity index (χ4n) is 2.59. The lowest BCUT2D eigenvalue weighted by Crippen LogP contribution is -2.50. The Hall–Kier alpha value is -1.73. The van der Waals surface area contributed by atoms with Gasteiger partial charge in [-0.2, -0.15) is 13.2 Å². The second kappa shape index (κ2) is 9.10. The highest BCUT2D eigenvalue weighted by atomic mass is 35.5. The van der Waals surface area contributed by atoms with E-state index in [9.17, 15) is 18.0 Å². The largest absolute Gasteiger partial charge is 0.489 e. The Morgan fingerprint density at radius 3 is 2.80 bits per heavy atom. The van der Waals surface area contributed by atoms with Crippen molar-refractivity contribution in [1.29, 1.82) is 0 Å². The topological polar surface area (TPSA) is 50.4 Å². The van der Waals surface area contributed by atoms with Gasteiger partial charge in [-0.05, 0) is 37.1 Å². The number of nitrogens with one attached hydrogen (secondary N) is 2. The van der Waals surface area contributed by atoms with Crippen molar-refractivity contribution in [3.63, 3.8) is 0 Å². The summed E-state index contributed by atoms with van der Waals surface area (Å²) in [7, 11) is 0. The van der Waals surface area contributed by atoms with E-state index in [0.717, 1.165) is 25.1 Å². The van der Waals surface area contributed by atoms with Crippen molar-refractivity contribution in [2.75, 3.05) is 19.7 Å². The number of benzene rings is 1. The molecule has 1 aromatic rings. The van der Waals surface area contributed by atoms with Gasteiger partial charge in [0.15, 0.2) is 0 Å². The molecule has 1 aromatic carbocycles. The highest BCUT2D eigenvalue weighted by Gasteiger charge is 2.32. The summed E-state index contributed by atoms with van der Waals surface area (Å²) in [5.41, 5.74) is -1.00. The summed E-state index contributed by atoms with van der Waals surface area (Å²) in [6.07, 6.45) is -2.16. The van der Waals surface area contributed by atoms with Gasteiger partial charge < -0.3 is 15.4 Å². The zero-order valence-corrected chi connectivity index (χ0v) is 14.7. The van der Waals surface area contributed by atoms with Gasteiger partial charge in [-0.1, -0.05) is 19.6 Å². The molecule has 0 saturated carbocycles. The van der Waals surface area contributed by atoms with E-state index in [1.807, 2.05) is 6.92 Å². The molecule has 0 aromatic heterocycles. The Morgan fingerprint density at radius 1 is 1.48 bits per heavy atom. The predicted molar refractivity (Wildman–Crippen MR) is 92.3 cm³/mol. The van der Waals surface area contributed by atoms with Crippen LogP contribution < -0.4 is 15.4 Å². The molecule has 0 bridgehead atoms. The van der Waals surface area contributed by atoms with Crippen molar-refractivity contribution in [2.24, 2.45) is 5.92 Å². The molecule has 0 spiro atoms. The van der Waals surface area contributed by atoms with Gasteiger partial charge in [-0.3, -0.25) is 4.79 Å². The van der Waals surface area contributed by atoms with Gasteiger partial charge in [0.1, 0.15) is 12.4 Å². The molecule has 1 saturated heterocycles. The predicted octanol–water partition coefficient (Wildman–Crippen LogP) is 3.42. The van der Waals surface area contributed by atoms with Crippen LogP contribution in [0.5, 0.6) is 5.75 Å². The summed E-state index contributed by atoms with van der Waals surface area (Å²) < 4.78 is 44.1. The Labute approximate surface area is 151 Å². The molecule has 1 aliphatic heterocycles. The first kappa shape index (κ1) is 21.3. The number of ether oxygens (including phenoxy) is 1. The van der Waals surface area contributed by atoms with Gasteiger partial charge >= 0.3 is 6.18 Å². The number of alkyl halides is 3. The molecule has 2 unspecified atom stereocenters. The van der Waals surface area contributed by atoms with E-state index >= 15 is 0 Å². The number of carbonyl (C=O) groups excluding carboxylic acids is 1. The zero-order chi connectivity index (χ0) is 17.7. The van der Waals surface area contributed by atoms with Gasteiger partial charge in [0, 0.05) is 12.6 Å². The number of amides is 1. The third kappa shape index (κ3) is 5.64. The van der Waals surface area contributed by atoms with Crippen LogP contribution in [0.2, 0.25) is 0 Å². The lowest BCUT2D eigenvalue weighted by molar-refractivity contribution is -0.137. The maximum Gasteiger partial charge on any atom is 0.416 e. The van der Waals surface area contributed by atoms with Crippen LogP contribution in [0, 0.1) is 5.92 Å². The van der Waals surface area contributed by atoms with Crippen LogP contribution in [0.15, 0.2) is 30.9 Å². The standard InChI is InChI=1S/C17H21F3N2O2.ClH/c1-3-8-24-15-5-4-12(17(18,19)20)9-13(15)16(23)22-14-10-21-7-6-11(14)2;/h3-5,9,11,14,21H,1,6-8,10H2,2H3,(H,22,23);1H. The smallest absolute Gasteiger partial charge is 0.416 e. The van der Waals surface area contributed by atoms with E-state index in [1.165, 1.54) is 12.1 Å². The fraction of sp³-hybridized carbons (Fsp3) is 0.471. The number of hydrogen-bond acceptors (Lipinski definition) is 3. The van der Waals surface area contributed by atoms with Crippen LogP contribution in [0.1, 0.15) is 29.3 Å². The summed E-state index contributed by atoms with van der Waals surface area (Å²) in [6, 6.07) is 2.77. The summed E-state index contributed by atoms with van der Waals surface area (Å²) in [4.78, 5) is 12.5. The van der Waals surface area contributed by atoms with Crippen molar-refractivity contribution >= 4 is 18.3 Å². The van der Waals surface area contributed by atoms with E-state index in [-0.39, 0.29) is 42.3 Å². The molecule has 140 valence electrons. The maximum atomic E-state index is 12.9. The normalized spacial score (nSPS) is 20.3. The monoisotopic (exact) mass is 378 g/mol. The minimum atomic E-state index is -4.52. The fourth-order valence-corrected chi connectivity index (χ4v) is 2.59. The molecular formula is C17H22ClF3N2O2. The Bertz CT molecular complexity index is 608. The molecule has 1 heterocycles. The van der Waals surface area contributed by atoms with Gasteiger partial charge in [-0.15, -0.1) is 12.4 Å². The van der Waals surface area contributed by atoms with Crippen molar-refractivity contribution in [1.82, 2.24) is 10.6 Å². The Balaban J connectivity index is 0.00000312. The van der Waals surface area contributed by atoms with Crippen molar-refractivity contribution in [2.45, 2.75) is 25.6 Å². The first-order valence-corrected chi connectivity index (χ1v) is 7.79. The van der Waals surface area contributed by atoms with Crippen LogP contribution in [0.3, 0.4) is 0 Å². The second-order valence-electron chi connectivity index (χ2n) is 5.86. The summed E-state index contributed by atoms with van der Waals surface area (Å²) in [5.74, 6) is -0.212. The van der Waals surface area contributed by atoms with Crippen LogP contribution in [-0.4, -0.2) is 31.6 Å². The highest BCUT2D eigenvalue weighted by molar-refractivity contribution is 5.97. The van der Waals surface area contributed by atoms with Crippen LogP contribution >= 0.6 is 12.4 Å². The number of carbonyl (C=O) groups is 1. The summed E-state index contributed by atoms with van der Waals surface area (Å²) in [6.45, 7) is 7.07. The van der Waals surface area contributed by atoms with Crippen molar-refractivity contribution in [3.8, 4) is 5.75 Å². The number of hydrogen-bond donors (Lipinski definition) is 2. The molecule has 2 rings (SSSR count). The Morgan fingerprint density at radius 2 is 2.20 bits per heavy atom. The molecule has 25 heavy (non-hydrogen) atoms. The Kier molecular flexibility index (Phi) is 7.76. The van der Waals surface area contributed by atoms with E-state index in [0.29, 0.717) is 6.54 Å². The number of halogens is 4. The van der Waals surface area contributed by atoms with Gasteiger partial charge in [-0.25, -0.2) is 0 Å². The minimum Gasteiger partial charge on any atom is -0.489 e. The second-order valence-corrected chi connectivity index (χ2v) is 5.86. The van der Waals surface area contributed by atoms with Gasteiger partial charge in [0.25, 0.3) is 5.91 Å². The molecule has 0 radical (unpaired) electrons. The number of piperidine rings is 1. The maximum absolute atomic E-state index is 12.9. The first-order chi connectivity index (χ1) is 11.3. The highest BCUT2D eigenvalue weighted by Crippen LogP contribution is 2.32. The zero-order valence-electron chi connectivity index (χ0n) is 13.9.